The summed E-state index contributed by atoms with van der Waals surface area (Å²) in [5.74, 6) is -1.69. The molecule has 260 valence electrons. The van der Waals surface area contributed by atoms with Gasteiger partial charge in [-0.2, -0.15) is 0 Å². The lowest BCUT2D eigenvalue weighted by Gasteiger charge is -2.31. The number of ether oxygens (including phenoxy) is 3. The molecule has 0 amide bonds. The van der Waals surface area contributed by atoms with Crippen molar-refractivity contribution in [2.24, 2.45) is 11.8 Å². The normalized spacial score (nSPS) is 14.3. The van der Waals surface area contributed by atoms with Gasteiger partial charge < -0.3 is 23.0 Å². The molecular formula is C38H43FN2O8. The van der Waals surface area contributed by atoms with Gasteiger partial charge in [0, 0.05) is 30.3 Å². The van der Waals surface area contributed by atoms with E-state index in [-0.39, 0.29) is 47.9 Å². The van der Waals surface area contributed by atoms with Crippen LogP contribution >= 0.6 is 0 Å². The van der Waals surface area contributed by atoms with Crippen LogP contribution < -0.4 is 15.3 Å². The van der Waals surface area contributed by atoms with E-state index in [9.17, 15) is 14.4 Å². The quantitative estimate of drug-likeness (QED) is 0.0984. The van der Waals surface area contributed by atoms with Crippen molar-refractivity contribution in [3.8, 4) is 22.8 Å². The number of nitrogens with zero attached hydrogens (tertiary/aromatic N) is 2. The maximum Gasteiger partial charge on any atom is 0.519 e. The lowest BCUT2D eigenvalue weighted by molar-refractivity contribution is -0.150. The molecule has 0 N–H and O–H groups in total. The molecule has 2 aromatic heterocycles. The van der Waals surface area contributed by atoms with E-state index in [1.54, 1.807) is 49.4 Å². The number of methoxy groups -OCH3 is 1. The highest BCUT2D eigenvalue weighted by atomic mass is 19.1. The van der Waals surface area contributed by atoms with E-state index in [4.69, 9.17) is 23.0 Å². The molecule has 1 aliphatic carbocycles. The summed E-state index contributed by atoms with van der Waals surface area (Å²) in [5, 5.41) is 0. The van der Waals surface area contributed by atoms with E-state index in [0.29, 0.717) is 29.0 Å². The van der Waals surface area contributed by atoms with Gasteiger partial charge in [-0.1, -0.05) is 25.1 Å². The molecule has 0 aliphatic heterocycles. The number of hydrogen-bond acceptors (Lipinski definition) is 10. The Labute approximate surface area is 285 Å². The average Bonchev–Trinajstić information content (AvgIpc) is 3.84. The molecule has 49 heavy (non-hydrogen) atoms. The van der Waals surface area contributed by atoms with Crippen LogP contribution in [-0.2, 0) is 22.7 Å². The zero-order valence-corrected chi connectivity index (χ0v) is 28.9. The van der Waals surface area contributed by atoms with Gasteiger partial charge in [0.15, 0.2) is 18.1 Å². The summed E-state index contributed by atoms with van der Waals surface area (Å²) in [7, 11) is 1.48. The summed E-state index contributed by atoms with van der Waals surface area (Å²) in [4.78, 5) is 44.3. The lowest BCUT2D eigenvalue weighted by atomic mass is 9.83. The summed E-state index contributed by atoms with van der Waals surface area (Å²) >= 11 is 0. The van der Waals surface area contributed by atoms with Crippen molar-refractivity contribution in [2.45, 2.75) is 85.5 Å². The topological polar surface area (TPSA) is 121 Å². The molecule has 0 saturated heterocycles. The van der Waals surface area contributed by atoms with Crippen molar-refractivity contribution in [1.82, 2.24) is 9.88 Å². The number of esters is 2. The summed E-state index contributed by atoms with van der Waals surface area (Å²) < 4.78 is 41.6. The van der Waals surface area contributed by atoms with Gasteiger partial charge in [0.2, 0.25) is 5.88 Å². The molecule has 2 aromatic carbocycles. The average molecular weight is 675 g/mol. The largest absolute Gasteiger partial charge is 0.519 e. The Morgan fingerprint density at radius 1 is 1.00 bits per heavy atom. The van der Waals surface area contributed by atoms with Crippen LogP contribution in [0.3, 0.4) is 0 Å². The first-order valence-electron chi connectivity index (χ1n) is 16.5. The summed E-state index contributed by atoms with van der Waals surface area (Å²) in [6, 6.07) is 14.2. The first-order chi connectivity index (χ1) is 23.4. The number of hydrogen-bond donors (Lipinski definition) is 0. The zero-order valence-electron chi connectivity index (χ0n) is 28.9. The van der Waals surface area contributed by atoms with E-state index in [0.717, 1.165) is 30.2 Å². The second-order valence-electron chi connectivity index (χ2n) is 13.1. The number of aryl methyl sites for hydroxylation is 1. The van der Waals surface area contributed by atoms with Gasteiger partial charge in [0.25, 0.3) is 0 Å². The minimum absolute atomic E-state index is 0.167. The highest BCUT2D eigenvalue weighted by Crippen LogP contribution is 2.47. The molecule has 2 atom stereocenters. The van der Waals surface area contributed by atoms with E-state index >= 15 is 4.39 Å². The van der Waals surface area contributed by atoms with E-state index in [1.807, 2.05) is 13.0 Å². The Hall–Kier alpha value is -4.77. The third-order valence-corrected chi connectivity index (χ3v) is 9.03. The van der Waals surface area contributed by atoms with Crippen LogP contribution in [0.25, 0.3) is 11.1 Å². The molecule has 0 bridgehead atoms. The predicted octanol–water partition coefficient (Wildman–Crippen LogP) is 7.46. The second-order valence-corrected chi connectivity index (χ2v) is 13.1. The third-order valence-electron chi connectivity index (χ3n) is 9.03. The van der Waals surface area contributed by atoms with Crippen molar-refractivity contribution in [2.75, 3.05) is 7.11 Å². The molecule has 11 heteroatoms. The van der Waals surface area contributed by atoms with Crippen LogP contribution in [0.15, 0.2) is 68.4 Å². The molecule has 0 spiro atoms. The molecule has 4 aromatic rings. The maximum absolute atomic E-state index is 15.1. The van der Waals surface area contributed by atoms with Crippen LogP contribution in [0.2, 0.25) is 0 Å². The van der Waals surface area contributed by atoms with Gasteiger partial charge >= 0.3 is 17.8 Å². The molecule has 0 unspecified atom stereocenters. The molecule has 1 aliphatic rings. The Balaban J connectivity index is 1.38. The molecule has 5 rings (SSSR count). The number of rotatable bonds is 14. The van der Waals surface area contributed by atoms with Gasteiger partial charge in [-0.3, -0.25) is 9.69 Å². The van der Waals surface area contributed by atoms with Gasteiger partial charge in [0.1, 0.15) is 11.6 Å². The Morgan fingerprint density at radius 3 is 2.37 bits per heavy atom. The third kappa shape index (κ3) is 8.45. The van der Waals surface area contributed by atoms with E-state index in [1.165, 1.54) is 7.11 Å². The summed E-state index contributed by atoms with van der Waals surface area (Å²) in [5.41, 5.74) is 2.87. The van der Waals surface area contributed by atoms with Crippen molar-refractivity contribution < 1.29 is 37.0 Å². The zero-order chi connectivity index (χ0) is 35.4. The number of carbonyl (C=O) groups is 2. The number of pyridine rings is 1. The minimum Gasteiger partial charge on any atom is -0.481 e. The lowest BCUT2D eigenvalue weighted by Crippen LogP contribution is -2.36. The minimum atomic E-state index is -0.845. The van der Waals surface area contributed by atoms with E-state index in [2.05, 4.69) is 37.6 Å². The highest BCUT2D eigenvalue weighted by molar-refractivity contribution is 5.92. The first-order valence-corrected chi connectivity index (χ1v) is 16.5. The van der Waals surface area contributed by atoms with Crippen molar-refractivity contribution in [1.29, 1.82) is 0 Å². The van der Waals surface area contributed by atoms with Gasteiger partial charge in [-0.05, 0) is 100 Å². The number of benzene rings is 2. The fourth-order valence-electron chi connectivity index (χ4n) is 6.31. The molecule has 0 radical (unpaired) electrons. The first kappa shape index (κ1) is 35.5. The van der Waals surface area contributed by atoms with Crippen LogP contribution in [0.4, 0.5) is 4.39 Å². The van der Waals surface area contributed by atoms with Gasteiger partial charge in [-0.25, -0.2) is 19.0 Å². The summed E-state index contributed by atoms with van der Waals surface area (Å²) in [6.07, 6.45) is 3.06. The van der Waals surface area contributed by atoms with Crippen molar-refractivity contribution >= 4 is 11.9 Å². The maximum atomic E-state index is 15.1. The fraction of sp³-hybridized carbons (Fsp3) is 0.421. The number of aromatic nitrogens is 1. The van der Waals surface area contributed by atoms with Crippen LogP contribution in [-0.4, -0.2) is 41.0 Å². The highest BCUT2D eigenvalue weighted by Gasteiger charge is 2.39. The molecule has 1 saturated carbocycles. The molecular weight excluding hydrogens is 631 g/mol. The molecule has 2 heterocycles. The monoisotopic (exact) mass is 674 g/mol. The SMILES string of the molecule is COc1cc(-c2ccc(C(=O)Oc3cccc([C@H](C4CC4)[C@H](C)C(=O)OCc4oc(=O)oc4C)c3)cc2CN(C(C)C)C(C)C)c(F)cn1. The smallest absolute Gasteiger partial charge is 0.481 e. The van der Waals surface area contributed by atoms with E-state index < -0.39 is 29.5 Å². The van der Waals surface area contributed by atoms with Gasteiger partial charge in [-0.15, -0.1) is 0 Å². The van der Waals surface area contributed by atoms with Crippen LogP contribution in [0.1, 0.15) is 86.4 Å². The fourth-order valence-corrected chi connectivity index (χ4v) is 6.31. The predicted molar refractivity (Wildman–Crippen MR) is 180 cm³/mol. The second kappa shape index (κ2) is 15.2. The number of halogens is 1. The Bertz CT molecular complexity index is 1850. The summed E-state index contributed by atoms with van der Waals surface area (Å²) in [6.45, 7) is 12.0. The standard InChI is InChI=1S/C38H43FN2O8/c1-21(2)41(22(3)4)19-28-15-27(13-14-30(28)31-17-34(45-7)40-18-32(31)39)37(43)48-29-10-8-9-26(16-29)35(25-11-12-25)23(5)36(42)46-20-33-24(6)47-38(44)49-33/h8-10,13-18,21-23,25,35H,11-12,19-20H2,1-7H3/t23-,35-/m0/s1. The molecule has 1 fully saturated rings. The Kier molecular flexibility index (Phi) is 11.0. The van der Waals surface area contributed by atoms with Crippen molar-refractivity contribution in [3.63, 3.8) is 0 Å². The molecule has 10 nitrogen and oxygen atoms in total. The number of carbonyl (C=O) groups excluding carboxylic acids is 2. The van der Waals surface area contributed by atoms with Crippen LogP contribution in [0.5, 0.6) is 11.6 Å². The van der Waals surface area contributed by atoms with Gasteiger partial charge in [0.05, 0.1) is 24.8 Å². The Morgan fingerprint density at radius 2 is 1.73 bits per heavy atom. The van der Waals surface area contributed by atoms with Crippen molar-refractivity contribution in [3.05, 3.63) is 99.4 Å². The van der Waals surface area contributed by atoms with Crippen LogP contribution in [0, 0.1) is 24.6 Å².